The summed E-state index contributed by atoms with van der Waals surface area (Å²) in [5.74, 6) is 0.963. The van der Waals surface area contributed by atoms with Crippen molar-refractivity contribution < 1.29 is 9.53 Å². The number of hydrogen-bond donors (Lipinski definition) is 0. The normalized spacial score (nSPS) is 16.9. The lowest BCUT2D eigenvalue weighted by molar-refractivity contribution is 0.0677. The van der Waals surface area contributed by atoms with E-state index in [-0.39, 0.29) is 11.5 Å². The number of methoxy groups -OCH3 is 1. The van der Waals surface area contributed by atoms with Crippen molar-refractivity contribution in [2.45, 2.75) is 19.8 Å². The van der Waals surface area contributed by atoms with Crippen LogP contribution in [0.25, 0.3) is 16.5 Å². The number of aromatic nitrogens is 2. The summed E-state index contributed by atoms with van der Waals surface area (Å²) in [5.41, 5.74) is 0.621. The molecular weight excluding hydrogens is 354 g/mol. The van der Waals surface area contributed by atoms with Crippen LogP contribution < -0.4 is 10.3 Å². The van der Waals surface area contributed by atoms with Crippen molar-refractivity contribution >= 4 is 16.7 Å². The minimum atomic E-state index is -0.257. The lowest BCUT2D eigenvalue weighted by Gasteiger charge is -2.31. The third kappa shape index (κ3) is 3.26. The van der Waals surface area contributed by atoms with Gasteiger partial charge in [0.05, 0.1) is 18.2 Å². The number of ether oxygens (including phenoxy) is 1. The number of fused-ring (bicyclic) bond motifs is 1. The van der Waals surface area contributed by atoms with Gasteiger partial charge in [0.15, 0.2) is 5.69 Å². The second-order valence-corrected chi connectivity index (χ2v) is 7.31. The summed E-state index contributed by atoms with van der Waals surface area (Å²) in [4.78, 5) is 28.2. The van der Waals surface area contributed by atoms with E-state index in [0.717, 1.165) is 19.4 Å². The average molecular weight is 377 g/mol. The monoisotopic (exact) mass is 377 g/mol. The molecule has 0 saturated carbocycles. The van der Waals surface area contributed by atoms with Gasteiger partial charge in [0, 0.05) is 24.5 Å². The van der Waals surface area contributed by atoms with E-state index < -0.39 is 0 Å². The predicted octanol–water partition coefficient (Wildman–Crippen LogP) is 3.27. The quantitative estimate of drug-likeness (QED) is 0.703. The van der Waals surface area contributed by atoms with Crippen molar-refractivity contribution in [3.05, 3.63) is 64.6 Å². The van der Waals surface area contributed by atoms with Crippen LogP contribution in [0.5, 0.6) is 5.75 Å². The number of rotatable bonds is 3. The van der Waals surface area contributed by atoms with E-state index in [9.17, 15) is 9.59 Å². The molecule has 1 saturated heterocycles. The van der Waals surface area contributed by atoms with E-state index in [1.54, 1.807) is 49.6 Å². The zero-order chi connectivity index (χ0) is 19.7. The molecule has 1 aliphatic rings. The van der Waals surface area contributed by atoms with Crippen molar-refractivity contribution in [3.63, 3.8) is 0 Å². The number of likely N-dealkylation sites (tertiary alicyclic amines) is 1. The van der Waals surface area contributed by atoms with Crippen LogP contribution in [-0.4, -0.2) is 40.8 Å². The molecule has 1 fully saturated rings. The predicted molar refractivity (Wildman–Crippen MR) is 108 cm³/mol. The lowest BCUT2D eigenvalue weighted by atomic mass is 9.99. The Bertz CT molecular complexity index is 1090. The van der Waals surface area contributed by atoms with Gasteiger partial charge in [0.1, 0.15) is 5.75 Å². The highest BCUT2D eigenvalue weighted by atomic mass is 16.5. The molecule has 1 amide bonds. The van der Waals surface area contributed by atoms with E-state index in [0.29, 0.717) is 40.4 Å². The molecule has 2 aromatic carbocycles. The van der Waals surface area contributed by atoms with Gasteiger partial charge in [0.2, 0.25) is 0 Å². The van der Waals surface area contributed by atoms with Gasteiger partial charge in [-0.3, -0.25) is 9.59 Å². The van der Waals surface area contributed by atoms with Gasteiger partial charge in [-0.05, 0) is 37.0 Å². The molecule has 0 bridgehead atoms. The first kappa shape index (κ1) is 18.2. The fourth-order valence-electron chi connectivity index (χ4n) is 3.79. The largest absolute Gasteiger partial charge is 0.497 e. The summed E-state index contributed by atoms with van der Waals surface area (Å²) in [5, 5.41) is 5.58. The number of benzene rings is 2. The van der Waals surface area contributed by atoms with Gasteiger partial charge in [-0.2, -0.15) is 9.78 Å². The van der Waals surface area contributed by atoms with E-state index in [4.69, 9.17) is 4.74 Å². The number of amides is 1. The molecule has 0 spiro atoms. The summed E-state index contributed by atoms with van der Waals surface area (Å²) >= 11 is 0. The Kier molecular flexibility index (Phi) is 4.86. The minimum Gasteiger partial charge on any atom is -0.497 e. The van der Waals surface area contributed by atoms with Crippen molar-refractivity contribution in [2.75, 3.05) is 20.2 Å². The van der Waals surface area contributed by atoms with Crippen molar-refractivity contribution in [3.8, 4) is 11.4 Å². The molecular formula is C22H23N3O3. The standard InChI is InChI=1S/C22H23N3O3/c1-15-7-6-12-24(14-15)22(27)20-18-10-3-4-11-19(18)21(26)25(23-20)16-8-5-9-17(13-16)28-2/h3-5,8-11,13,15H,6-7,12,14H2,1-2H3. The van der Waals surface area contributed by atoms with Crippen LogP contribution in [0.3, 0.4) is 0 Å². The molecule has 6 heteroatoms. The molecule has 0 aliphatic carbocycles. The summed E-state index contributed by atoms with van der Waals surface area (Å²) in [6.07, 6.45) is 2.11. The molecule has 1 aliphatic heterocycles. The van der Waals surface area contributed by atoms with Crippen molar-refractivity contribution in [1.82, 2.24) is 14.7 Å². The molecule has 1 aromatic heterocycles. The highest BCUT2D eigenvalue weighted by Crippen LogP contribution is 2.22. The molecule has 6 nitrogen and oxygen atoms in total. The van der Waals surface area contributed by atoms with Gasteiger partial charge in [-0.15, -0.1) is 0 Å². The maximum Gasteiger partial charge on any atom is 0.279 e. The minimum absolute atomic E-state index is 0.126. The van der Waals surface area contributed by atoms with E-state index in [1.165, 1.54) is 4.68 Å². The van der Waals surface area contributed by atoms with Crippen LogP contribution >= 0.6 is 0 Å². The second kappa shape index (κ2) is 7.46. The summed E-state index contributed by atoms with van der Waals surface area (Å²) in [6, 6.07) is 14.3. The van der Waals surface area contributed by atoms with Gasteiger partial charge < -0.3 is 9.64 Å². The maximum atomic E-state index is 13.3. The Morgan fingerprint density at radius 1 is 1.14 bits per heavy atom. The van der Waals surface area contributed by atoms with Crippen LogP contribution in [0.4, 0.5) is 0 Å². The third-order valence-electron chi connectivity index (χ3n) is 5.25. The van der Waals surface area contributed by atoms with Crippen LogP contribution in [0, 0.1) is 5.92 Å². The zero-order valence-electron chi connectivity index (χ0n) is 16.1. The first-order valence-electron chi connectivity index (χ1n) is 9.54. The summed E-state index contributed by atoms with van der Waals surface area (Å²) in [7, 11) is 1.57. The van der Waals surface area contributed by atoms with E-state index in [2.05, 4.69) is 12.0 Å². The van der Waals surface area contributed by atoms with Gasteiger partial charge in [-0.1, -0.05) is 31.2 Å². The SMILES string of the molecule is COc1cccc(-n2nc(C(=O)N3CCCC(C)C3)c3ccccc3c2=O)c1. The molecule has 144 valence electrons. The molecule has 3 aromatic rings. The molecule has 1 atom stereocenters. The van der Waals surface area contributed by atoms with E-state index in [1.807, 2.05) is 11.0 Å². The summed E-state index contributed by atoms with van der Waals surface area (Å²) in [6.45, 7) is 3.59. The molecule has 0 radical (unpaired) electrons. The number of carbonyl (C=O) groups is 1. The fraction of sp³-hybridized carbons (Fsp3) is 0.318. The van der Waals surface area contributed by atoms with Crippen LogP contribution in [0.2, 0.25) is 0 Å². The van der Waals surface area contributed by atoms with Gasteiger partial charge in [0.25, 0.3) is 11.5 Å². The molecule has 28 heavy (non-hydrogen) atoms. The smallest absolute Gasteiger partial charge is 0.279 e. The molecule has 2 heterocycles. The van der Waals surface area contributed by atoms with Crippen LogP contribution in [0.1, 0.15) is 30.3 Å². The Balaban J connectivity index is 1.89. The van der Waals surface area contributed by atoms with E-state index >= 15 is 0 Å². The Morgan fingerprint density at radius 2 is 1.93 bits per heavy atom. The van der Waals surface area contributed by atoms with Crippen LogP contribution in [-0.2, 0) is 0 Å². The van der Waals surface area contributed by atoms with Crippen molar-refractivity contribution in [1.29, 1.82) is 0 Å². The maximum absolute atomic E-state index is 13.3. The Hall–Kier alpha value is -3.15. The average Bonchev–Trinajstić information content (AvgIpc) is 2.74. The number of nitrogens with zero attached hydrogens (tertiary/aromatic N) is 3. The van der Waals surface area contributed by atoms with Crippen LogP contribution in [0.15, 0.2) is 53.3 Å². The highest BCUT2D eigenvalue weighted by Gasteiger charge is 2.26. The number of piperidine rings is 1. The second-order valence-electron chi connectivity index (χ2n) is 7.31. The zero-order valence-corrected chi connectivity index (χ0v) is 16.1. The number of hydrogen-bond acceptors (Lipinski definition) is 4. The Morgan fingerprint density at radius 3 is 2.68 bits per heavy atom. The third-order valence-corrected chi connectivity index (χ3v) is 5.25. The van der Waals surface area contributed by atoms with Gasteiger partial charge in [-0.25, -0.2) is 0 Å². The topological polar surface area (TPSA) is 64.4 Å². The lowest BCUT2D eigenvalue weighted by Crippen LogP contribution is -2.40. The first-order chi connectivity index (χ1) is 13.6. The first-order valence-corrected chi connectivity index (χ1v) is 9.54. The molecule has 0 N–H and O–H groups in total. The Labute approximate surface area is 163 Å². The molecule has 1 unspecified atom stereocenters. The summed E-state index contributed by atoms with van der Waals surface area (Å²) < 4.78 is 6.57. The number of carbonyl (C=O) groups excluding carboxylic acids is 1. The molecule has 4 rings (SSSR count). The highest BCUT2D eigenvalue weighted by molar-refractivity contribution is 6.04. The fourth-order valence-corrected chi connectivity index (χ4v) is 3.79. The van der Waals surface area contributed by atoms with Gasteiger partial charge >= 0.3 is 0 Å². The van der Waals surface area contributed by atoms with Crippen molar-refractivity contribution in [2.24, 2.45) is 5.92 Å².